The van der Waals surface area contributed by atoms with Gasteiger partial charge in [0.2, 0.25) is 0 Å². The van der Waals surface area contributed by atoms with Crippen LogP contribution in [0, 0.1) is 5.92 Å². The first kappa shape index (κ1) is 13.3. The second kappa shape index (κ2) is 6.70. The molecule has 2 amide bonds. The molecule has 1 atom stereocenters. The number of nitrogens with zero attached hydrogens (tertiary/aromatic N) is 1. The molecule has 1 fully saturated rings. The average Bonchev–Trinajstić information content (AvgIpc) is 2.26. The third kappa shape index (κ3) is 4.81. The molecule has 1 saturated heterocycles. The molecule has 0 saturated carbocycles. The molecule has 0 aromatic heterocycles. The minimum Gasteiger partial charge on any atom is -0.391 e. The molecule has 0 spiro atoms. The number of hydrogen-bond donors (Lipinski definition) is 2. The molecule has 2 N–H and O–H groups in total. The first-order valence-electron chi connectivity index (χ1n) is 5.88. The number of ether oxygens (including phenoxy) is 1. The van der Waals surface area contributed by atoms with Gasteiger partial charge in [0.1, 0.15) is 0 Å². The Morgan fingerprint density at radius 2 is 2.06 bits per heavy atom. The van der Waals surface area contributed by atoms with Crippen LogP contribution in [0.5, 0.6) is 0 Å². The van der Waals surface area contributed by atoms with E-state index in [0.717, 1.165) is 0 Å². The van der Waals surface area contributed by atoms with Crippen LogP contribution in [0.15, 0.2) is 0 Å². The van der Waals surface area contributed by atoms with Gasteiger partial charge in [-0.25, -0.2) is 4.79 Å². The lowest BCUT2D eigenvalue weighted by Crippen LogP contribution is -2.47. The Morgan fingerprint density at radius 1 is 1.44 bits per heavy atom. The summed E-state index contributed by atoms with van der Waals surface area (Å²) in [4.78, 5) is 13.4. The number of aliphatic hydroxyl groups excluding tert-OH is 1. The van der Waals surface area contributed by atoms with Crippen molar-refractivity contribution >= 4 is 6.03 Å². The van der Waals surface area contributed by atoms with Crippen molar-refractivity contribution in [1.82, 2.24) is 10.2 Å². The van der Waals surface area contributed by atoms with Crippen LogP contribution >= 0.6 is 0 Å². The Labute approximate surface area is 96.8 Å². The van der Waals surface area contributed by atoms with E-state index in [-0.39, 0.29) is 6.03 Å². The van der Waals surface area contributed by atoms with Crippen molar-refractivity contribution in [3.05, 3.63) is 0 Å². The predicted molar refractivity (Wildman–Crippen MR) is 61.3 cm³/mol. The van der Waals surface area contributed by atoms with Gasteiger partial charge in [-0.1, -0.05) is 13.8 Å². The van der Waals surface area contributed by atoms with Crippen molar-refractivity contribution < 1.29 is 14.6 Å². The third-order valence-electron chi connectivity index (χ3n) is 2.53. The smallest absolute Gasteiger partial charge is 0.317 e. The molecule has 1 unspecified atom stereocenters. The SMILES string of the molecule is CC(C)CC(O)CNC(=O)N1CCOCC1. The molecular formula is C11H22N2O3. The summed E-state index contributed by atoms with van der Waals surface area (Å²) in [6.07, 6.45) is 0.258. The van der Waals surface area contributed by atoms with Crippen LogP contribution in [0.2, 0.25) is 0 Å². The maximum atomic E-state index is 11.6. The third-order valence-corrected chi connectivity index (χ3v) is 2.53. The summed E-state index contributed by atoms with van der Waals surface area (Å²) in [5, 5.41) is 12.3. The van der Waals surface area contributed by atoms with Crippen LogP contribution in [0.25, 0.3) is 0 Å². The first-order valence-corrected chi connectivity index (χ1v) is 5.88. The second-order valence-corrected chi connectivity index (χ2v) is 4.57. The maximum Gasteiger partial charge on any atom is 0.317 e. The number of amides is 2. The van der Waals surface area contributed by atoms with Gasteiger partial charge < -0.3 is 20.1 Å². The summed E-state index contributed by atoms with van der Waals surface area (Å²) in [5.41, 5.74) is 0. The molecular weight excluding hydrogens is 208 g/mol. The average molecular weight is 230 g/mol. The molecule has 0 bridgehead atoms. The van der Waals surface area contributed by atoms with E-state index in [0.29, 0.717) is 45.2 Å². The van der Waals surface area contributed by atoms with Gasteiger partial charge in [-0.15, -0.1) is 0 Å². The minimum atomic E-state index is -0.454. The van der Waals surface area contributed by atoms with E-state index in [1.165, 1.54) is 0 Å². The van der Waals surface area contributed by atoms with E-state index in [2.05, 4.69) is 5.32 Å². The van der Waals surface area contributed by atoms with E-state index < -0.39 is 6.10 Å². The highest BCUT2D eigenvalue weighted by molar-refractivity contribution is 5.74. The quantitative estimate of drug-likeness (QED) is 0.736. The molecule has 94 valence electrons. The van der Waals surface area contributed by atoms with Crippen LogP contribution in [-0.4, -0.2) is 55.0 Å². The maximum absolute atomic E-state index is 11.6. The van der Waals surface area contributed by atoms with Crippen LogP contribution < -0.4 is 5.32 Å². The fourth-order valence-electron chi connectivity index (χ4n) is 1.71. The lowest BCUT2D eigenvalue weighted by atomic mass is 10.1. The van der Waals surface area contributed by atoms with Crippen LogP contribution in [0.3, 0.4) is 0 Å². The van der Waals surface area contributed by atoms with Crippen molar-refractivity contribution in [1.29, 1.82) is 0 Å². The van der Waals surface area contributed by atoms with Gasteiger partial charge in [-0.2, -0.15) is 0 Å². The van der Waals surface area contributed by atoms with E-state index in [4.69, 9.17) is 4.74 Å². The highest BCUT2D eigenvalue weighted by Gasteiger charge is 2.17. The number of aliphatic hydroxyl groups is 1. The van der Waals surface area contributed by atoms with E-state index in [1.807, 2.05) is 13.8 Å². The van der Waals surface area contributed by atoms with E-state index >= 15 is 0 Å². The van der Waals surface area contributed by atoms with Gasteiger partial charge in [-0.3, -0.25) is 0 Å². The molecule has 5 heteroatoms. The van der Waals surface area contributed by atoms with Crippen molar-refractivity contribution in [2.75, 3.05) is 32.8 Å². The van der Waals surface area contributed by atoms with Gasteiger partial charge >= 0.3 is 6.03 Å². The Bertz CT molecular complexity index is 215. The second-order valence-electron chi connectivity index (χ2n) is 4.57. The van der Waals surface area contributed by atoms with E-state index in [1.54, 1.807) is 4.90 Å². The lowest BCUT2D eigenvalue weighted by molar-refractivity contribution is 0.0518. The zero-order chi connectivity index (χ0) is 12.0. The molecule has 5 nitrogen and oxygen atoms in total. The number of nitrogens with one attached hydrogen (secondary N) is 1. The number of rotatable bonds is 4. The normalized spacial score (nSPS) is 18.6. The Hall–Kier alpha value is -0.810. The summed E-state index contributed by atoms with van der Waals surface area (Å²) >= 11 is 0. The fourth-order valence-corrected chi connectivity index (χ4v) is 1.71. The molecule has 1 aliphatic rings. The molecule has 0 aliphatic carbocycles. The topological polar surface area (TPSA) is 61.8 Å². The van der Waals surface area contributed by atoms with Gasteiger partial charge in [0.15, 0.2) is 0 Å². The number of morpholine rings is 1. The summed E-state index contributed by atoms with van der Waals surface area (Å²) < 4.78 is 5.16. The van der Waals surface area contributed by atoms with Crippen LogP contribution in [-0.2, 0) is 4.74 Å². The number of carbonyl (C=O) groups excluding carboxylic acids is 1. The van der Waals surface area contributed by atoms with Crippen molar-refractivity contribution in [2.24, 2.45) is 5.92 Å². The zero-order valence-corrected chi connectivity index (χ0v) is 10.1. The molecule has 16 heavy (non-hydrogen) atoms. The highest BCUT2D eigenvalue weighted by atomic mass is 16.5. The predicted octanol–water partition coefficient (Wildman–Crippen LogP) is 0.435. The highest BCUT2D eigenvalue weighted by Crippen LogP contribution is 2.03. The zero-order valence-electron chi connectivity index (χ0n) is 10.1. The Morgan fingerprint density at radius 3 is 2.62 bits per heavy atom. The summed E-state index contributed by atoms with van der Waals surface area (Å²) in [5.74, 6) is 0.440. The Kier molecular flexibility index (Phi) is 5.55. The largest absolute Gasteiger partial charge is 0.391 e. The monoisotopic (exact) mass is 230 g/mol. The van der Waals surface area contributed by atoms with Gasteiger partial charge in [0, 0.05) is 19.6 Å². The van der Waals surface area contributed by atoms with Gasteiger partial charge in [0.25, 0.3) is 0 Å². The standard InChI is InChI=1S/C11H22N2O3/c1-9(2)7-10(14)8-12-11(15)13-3-5-16-6-4-13/h9-10,14H,3-8H2,1-2H3,(H,12,15). The van der Waals surface area contributed by atoms with Gasteiger partial charge in [-0.05, 0) is 12.3 Å². The minimum absolute atomic E-state index is 0.105. The first-order chi connectivity index (χ1) is 7.59. The lowest BCUT2D eigenvalue weighted by Gasteiger charge is -2.27. The molecule has 0 aromatic carbocycles. The van der Waals surface area contributed by atoms with Crippen molar-refractivity contribution in [2.45, 2.75) is 26.4 Å². The van der Waals surface area contributed by atoms with Crippen molar-refractivity contribution in [3.63, 3.8) is 0 Å². The van der Waals surface area contributed by atoms with Crippen LogP contribution in [0.1, 0.15) is 20.3 Å². The van der Waals surface area contributed by atoms with Crippen LogP contribution in [0.4, 0.5) is 4.79 Å². The Balaban J connectivity index is 2.18. The summed E-state index contributed by atoms with van der Waals surface area (Å²) in [7, 11) is 0. The fraction of sp³-hybridized carbons (Fsp3) is 0.909. The number of hydrogen-bond acceptors (Lipinski definition) is 3. The molecule has 1 aliphatic heterocycles. The molecule has 0 radical (unpaired) electrons. The summed E-state index contributed by atoms with van der Waals surface area (Å²) in [6, 6.07) is -0.105. The number of carbonyl (C=O) groups is 1. The molecule has 1 rings (SSSR count). The van der Waals surface area contributed by atoms with E-state index in [9.17, 15) is 9.90 Å². The molecule has 1 heterocycles. The molecule has 0 aromatic rings. The number of urea groups is 1. The van der Waals surface area contributed by atoms with Gasteiger partial charge in [0.05, 0.1) is 19.3 Å². The summed E-state index contributed by atoms with van der Waals surface area (Å²) in [6.45, 7) is 6.89. The van der Waals surface area contributed by atoms with Crippen molar-refractivity contribution in [3.8, 4) is 0 Å².